The fourth-order valence-corrected chi connectivity index (χ4v) is 8.20. The number of fused-ring (bicyclic) bond motifs is 5. The molecule has 4 heterocycles. The summed E-state index contributed by atoms with van der Waals surface area (Å²) < 4.78 is 4.66. The molecule has 1 aliphatic rings. The summed E-state index contributed by atoms with van der Waals surface area (Å²) >= 11 is 1.85. The Kier molecular flexibility index (Phi) is 6.62. The normalized spacial score (nSPS) is 15.6. The van der Waals surface area contributed by atoms with Crippen molar-refractivity contribution in [3.63, 3.8) is 0 Å². The van der Waals surface area contributed by atoms with E-state index in [9.17, 15) is 0 Å². The predicted octanol–water partition coefficient (Wildman–Crippen LogP) is 11.4. The van der Waals surface area contributed by atoms with Crippen molar-refractivity contribution < 1.29 is 0 Å². The first-order valence-electron chi connectivity index (χ1n) is 15.5. The molecule has 7 aromatic rings. The Labute approximate surface area is 267 Å². The molecule has 0 amide bonds. The largest absolute Gasteiger partial charge is 0.310 e. The minimum absolute atomic E-state index is 0.347. The Morgan fingerprint density at radius 3 is 2.22 bits per heavy atom. The van der Waals surface area contributed by atoms with E-state index in [1.54, 1.807) is 0 Å². The molecule has 218 valence electrons. The van der Waals surface area contributed by atoms with Crippen molar-refractivity contribution in [3.8, 4) is 22.6 Å². The Hall–Kier alpha value is -5.06. The lowest BCUT2D eigenvalue weighted by Crippen LogP contribution is -2.00. The van der Waals surface area contributed by atoms with E-state index in [4.69, 9.17) is 4.98 Å². The molecule has 1 unspecified atom stereocenters. The number of nitrogens with zero attached hydrogens (tertiary/aromatic N) is 3. The summed E-state index contributed by atoms with van der Waals surface area (Å²) in [5.41, 5.74) is 10.8. The van der Waals surface area contributed by atoms with E-state index in [-0.39, 0.29) is 0 Å². The van der Waals surface area contributed by atoms with Gasteiger partial charge in [-0.25, -0.2) is 4.98 Å². The van der Waals surface area contributed by atoms with Gasteiger partial charge in [0.1, 0.15) is 0 Å². The smallest absolute Gasteiger partial charge is 0.151 e. The molecule has 4 heteroatoms. The van der Waals surface area contributed by atoms with Crippen LogP contribution in [-0.4, -0.2) is 14.1 Å². The molecule has 8 rings (SSSR count). The lowest BCUT2D eigenvalue weighted by atomic mass is 10.0. The average molecular weight is 600 g/mol. The van der Waals surface area contributed by atoms with E-state index in [0.717, 1.165) is 17.2 Å². The first kappa shape index (κ1) is 27.5. The molecule has 0 fully saturated rings. The van der Waals surface area contributed by atoms with Gasteiger partial charge in [-0.15, -0.1) is 0 Å². The van der Waals surface area contributed by atoms with Crippen LogP contribution in [-0.2, 0) is 0 Å². The monoisotopic (exact) mass is 599 g/mol. The van der Waals surface area contributed by atoms with E-state index in [0.29, 0.717) is 5.92 Å². The molecule has 1 aliphatic heterocycles. The molecule has 0 aliphatic carbocycles. The van der Waals surface area contributed by atoms with Crippen molar-refractivity contribution in [2.24, 2.45) is 0 Å². The fraction of sp³-hybridized carbons (Fsp3) is 0.0976. The first-order valence-corrected chi connectivity index (χ1v) is 16.3. The van der Waals surface area contributed by atoms with Crippen molar-refractivity contribution in [1.29, 1.82) is 0 Å². The van der Waals surface area contributed by atoms with Crippen LogP contribution in [0.4, 0.5) is 0 Å². The number of rotatable bonds is 5. The third-order valence-electron chi connectivity index (χ3n) is 9.17. The minimum Gasteiger partial charge on any atom is -0.310 e. The average Bonchev–Trinajstić information content (AvgIpc) is 3.70. The molecular formula is C41H33N3S. The highest BCUT2D eigenvalue weighted by Crippen LogP contribution is 2.51. The highest BCUT2D eigenvalue weighted by molar-refractivity contribution is 8.03. The minimum atomic E-state index is 0.347. The van der Waals surface area contributed by atoms with Gasteiger partial charge >= 0.3 is 0 Å². The summed E-state index contributed by atoms with van der Waals surface area (Å²) in [4.78, 5) is 7.60. The topological polar surface area (TPSA) is 22.8 Å². The summed E-state index contributed by atoms with van der Waals surface area (Å²) in [6, 6.07) is 35.1. The Bertz CT molecular complexity index is 2350. The van der Waals surface area contributed by atoms with Crippen LogP contribution in [0.2, 0.25) is 0 Å². The number of hydrogen-bond donors (Lipinski definition) is 0. The number of aromatic nitrogens is 3. The summed E-state index contributed by atoms with van der Waals surface area (Å²) in [7, 11) is 0. The zero-order chi connectivity index (χ0) is 30.7. The summed E-state index contributed by atoms with van der Waals surface area (Å²) in [5.74, 6) is 1.35. The summed E-state index contributed by atoms with van der Waals surface area (Å²) in [6.45, 7) is 10.7. The van der Waals surface area contributed by atoms with Crippen LogP contribution in [0.3, 0.4) is 0 Å². The number of aryl methyl sites for hydroxylation is 1. The molecule has 0 saturated carbocycles. The highest BCUT2D eigenvalue weighted by Gasteiger charge is 2.29. The van der Waals surface area contributed by atoms with Gasteiger partial charge in [0.15, 0.2) is 5.82 Å². The number of hydrogen-bond acceptors (Lipinski definition) is 2. The van der Waals surface area contributed by atoms with Gasteiger partial charge in [-0.05, 0) is 95.6 Å². The number of para-hydroxylation sites is 2. The molecule has 45 heavy (non-hydrogen) atoms. The molecule has 3 nitrogen and oxygen atoms in total. The van der Waals surface area contributed by atoms with E-state index in [1.807, 2.05) is 24.0 Å². The van der Waals surface area contributed by atoms with Gasteiger partial charge in [-0.1, -0.05) is 92.0 Å². The number of allylic oxidation sites excluding steroid dienone is 4. The molecular weight excluding hydrogens is 567 g/mol. The quantitative estimate of drug-likeness (QED) is 0.196. The zero-order valence-corrected chi connectivity index (χ0v) is 26.5. The molecule has 3 aromatic heterocycles. The van der Waals surface area contributed by atoms with Gasteiger partial charge in [0.05, 0.1) is 21.4 Å². The summed E-state index contributed by atoms with van der Waals surface area (Å²) in [6.07, 6.45) is 10.4. The Morgan fingerprint density at radius 1 is 0.778 bits per heavy atom. The van der Waals surface area contributed by atoms with Crippen LogP contribution >= 0.6 is 11.8 Å². The van der Waals surface area contributed by atoms with Crippen LogP contribution in [0.25, 0.3) is 61.4 Å². The highest BCUT2D eigenvalue weighted by atomic mass is 32.2. The van der Waals surface area contributed by atoms with Crippen molar-refractivity contribution >= 4 is 50.5 Å². The van der Waals surface area contributed by atoms with E-state index in [1.165, 1.54) is 64.8 Å². The maximum atomic E-state index is 5.00. The van der Waals surface area contributed by atoms with Gasteiger partial charge in [0.25, 0.3) is 0 Å². The van der Waals surface area contributed by atoms with Crippen LogP contribution in [0.1, 0.15) is 36.6 Å². The second-order valence-electron chi connectivity index (χ2n) is 11.7. The van der Waals surface area contributed by atoms with Crippen LogP contribution in [0, 0.1) is 6.92 Å². The molecule has 0 N–H and O–H groups in total. The van der Waals surface area contributed by atoms with Gasteiger partial charge in [-0.3, -0.25) is 4.57 Å². The standard InChI is InChI=1S/C41H33N3S/c1-5-7-17-39-27(4)31-22-23-42-41(40(31)45-39)44-36-16-12-11-15-32(36)34-25-29(19-21-38(34)44)28-18-20-37-33(24-28)26(3)35(6-2)43(37)30-13-9-8-10-14-30/h5-25,27H,2H2,1,3-4H3/b7-5-,39-17+. The zero-order valence-electron chi connectivity index (χ0n) is 25.7. The van der Waals surface area contributed by atoms with Gasteiger partial charge < -0.3 is 4.57 Å². The first-order chi connectivity index (χ1) is 22.1. The summed E-state index contributed by atoms with van der Waals surface area (Å²) in [5, 5.41) is 3.70. The molecule has 0 saturated heterocycles. The van der Waals surface area contributed by atoms with Gasteiger partial charge in [0, 0.05) is 39.7 Å². The second-order valence-corrected chi connectivity index (χ2v) is 12.8. The predicted molar refractivity (Wildman–Crippen MR) is 193 cm³/mol. The van der Waals surface area contributed by atoms with Gasteiger partial charge in [-0.2, -0.15) is 0 Å². The van der Waals surface area contributed by atoms with E-state index in [2.05, 4.69) is 152 Å². The van der Waals surface area contributed by atoms with Crippen molar-refractivity contribution in [2.45, 2.75) is 31.6 Å². The van der Waals surface area contributed by atoms with Crippen LogP contribution in [0.5, 0.6) is 0 Å². The van der Waals surface area contributed by atoms with Crippen molar-refractivity contribution in [1.82, 2.24) is 14.1 Å². The van der Waals surface area contributed by atoms with Crippen molar-refractivity contribution in [2.75, 3.05) is 0 Å². The lowest BCUT2D eigenvalue weighted by Gasteiger charge is -2.12. The lowest BCUT2D eigenvalue weighted by molar-refractivity contribution is 0.912. The number of pyridine rings is 1. The molecule has 1 atom stereocenters. The van der Waals surface area contributed by atoms with Crippen LogP contribution in [0.15, 0.2) is 138 Å². The SMILES string of the molecule is C=Cc1c(C)c2cc(-c3ccc4c(c3)c3ccccc3n4-c3nccc4c3S/C(=C/C=C\C)C4C)ccc2n1-c1ccccc1. The fourth-order valence-electron chi connectivity index (χ4n) is 6.91. The third kappa shape index (κ3) is 4.24. The molecule has 0 spiro atoms. The number of thioether (sulfide) groups is 1. The van der Waals surface area contributed by atoms with Crippen LogP contribution < -0.4 is 0 Å². The van der Waals surface area contributed by atoms with E-state index < -0.39 is 0 Å². The third-order valence-corrected chi connectivity index (χ3v) is 10.5. The Balaban J connectivity index is 1.30. The maximum absolute atomic E-state index is 5.00. The molecule has 4 aromatic carbocycles. The second kappa shape index (κ2) is 10.8. The van der Waals surface area contributed by atoms with Gasteiger partial charge in [0.2, 0.25) is 0 Å². The molecule has 0 radical (unpaired) electrons. The molecule has 0 bridgehead atoms. The number of benzene rings is 4. The van der Waals surface area contributed by atoms with Crippen molar-refractivity contribution in [3.05, 3.63) is 150 Å². The Morgan fingerprint density at radius 2 is 1.47 bits per heavy atom. The maximum Gasteiger partial charge on any atom is 0.151 e. The van der Waals surface area contributed by atoms with E-state index >= 15 is 0 Å².